The molecule has 0 saturated heterocycles. The van der Waals surface area contributed by atoms with E-state index >= 15 is 0 Å². The van der Waals surface area contributed by atoms with Crippen LogP contribution in [0.15, 0.2) is 42.5 Å². The smallest absolute Gasteiger partial charge is 0.256 e. The van der Waals surface area contributed by atoms with Crippen molar-refractivity contribution in [3.63, 3.8) is 0 Å². The average Bonchev–Trinajstić information content (AvgIpc) is 2.68. The predicted octanol–water partition coefficient (Wildman–Crippen LogP) is 4.49. The first kappa shape index (κ1) is 12.3. The summed E-state index contributed by atoms with van der Waals surface area (Å²) < 4.78 is 0. The number of hydrogen-bond donors (Lipinski definition) is 1. The third kappa shape index (κ3) is 2.25. The lowest BCUT2D eigenvalue weighted by Crippen LogP contribution is -2.03. The quantitative estimate of drug-likeness (QED) is 0.770. The lowest BCUT2D eigenvalue weighted by molar-refractivity contribution is -0.110. The van der Waals surface area contributed by atoms with Crippen LogP contribution >= 0.6 is 23.2 Å². The van der Waals surface area contributed by atoms with Gasteiger partial charge in [0.05, 0.1) is 5.69 Å². The number of carbonyl (C=O) groups excluding carboxylic acids is 1. The largest absolute Gasteiger partial charge is 0.321 e. The van der Waals surface area contributed by atoms with E-state index in [0.29, 0.717) is 15.6 Å². The fourth-order valence-corrected chi connectivity index (χ4v) is 2.42. The third-order valence-electron chi connectivity index (χ3n) is 2.97. The van der Waals surface area contributed by atoms with Crippen LogP contribution in [0.5, 0.6) is 0 Å². The summed E-state index contributed by atoms with van der Waals surface area (Å²) in [5, 5.41) is 4.00. The molecule has 19 heavy (non-hydrogen) atoms. The van der Waals surface area contributed by atoms with Gasteiger partial charge in [0.2, 0.25) is 0 Å². The molecule has 0 saturated carbocycles. The standard InChI is InChI=1S/C15H9Cl2NO/c16-10-5-6-11-12(15(19)18-14(11)8-10)7-9-3-1-2-4-13(9)17/h1-8H,(H,18,19)/b12-7+. The van der Waals surface area contributed by atoms with E-state index in [-0.39, 0.29) is 5.91 Å². The Bertz CT molecular complexity index is 707. The second kappa shape index (κ2) is 4.72. The Kier molecular flexibility index (Phi) is 3.05. The van der Waals surface area contributed by atoms with Gasteiger partial charge in [0.1, 0.15) is 0 Å². The van der Waals surface area contributed by atoms with E-state index in [1.807, 2.05) is 24.3 Å². The highest BCUT2D eigenvalue weighted by molar-refractivity contribution is 6.38. The first-order valence-corrected chi connectivity index (χ1v) is 6.48. The number of anilines is 1. The zero-order valence-corrected chi connectivity index (χ0v) is 11.3. The zero-order chi connectivity index (χ0) is 13.4. The van der Waals surface area contributed by atoms with Gasteiger partial charge < -0.3 is 5.32 Å². The number of nitrogens with one attached hydrogen (secondary N) is 1. The van der Waals surface area contributed by atoms with Gasteiger partial charge in [-0.1, -0.05) is 47.5 Å². The maximum Gasteiger partial charge on any atom is 0.256 e. The van der Waals surface area contributed by atoms with Crippen LogP contribution in [0.2, 0.25) is 10.0 Å². The molecule has 0 aliphatic carbocycles. The van der Waals surface area contributed by atoms with Gasteiger partial charge in [0, 0.05) is 21.2 Å². The summed E-state index contributed by atoms with van der Waals surface area (Å²) >= 11 is 12.0. The Morgan fingerprint density at radius 1 is 1.05 bits per heavy atom. The molecule has 3 rings (SSSR count). The van der Waals surface area contributed by atoms with E-state index in [2.05, 4.69) is 5.32 Å². The second-order valence-corrected chi connectivity index (χ2v) is 5.07. The lowest BCUT2D eigenvalue weighted by atomic mass is 10.0. The van der Waals surface area contributed by atoms with E-state index in [4.69, 9.17) is 23.2 Å². The summed E-state index contributed by atoms with van der Waals surface area (Å²) in [5.41, 5.74) is 2.99. The summed E-state index contributed by atoms with van der Waals surface area (Å²) in [6.07, 6.45) is 1.79. The fraction of sp³-hybridized carbons (Fsp3) is 0. The molecule has 0 spiro atoms. The molecular weight excluding hydrogens is 281 g/mol. The Hall–Kier alpha value is -1.77. The monoisotopic (exact) mass is 289 g/mol. The first-order valence-electron chi connectivity index (χ1n) is 5.72. The van der Waals surface area contributed by atoms with Crippen LogP contribution in [0, 0.1) is 0 Å². The number of amides is 1. The second-order valence-electron chi connectivity index (χ2n) is 4.22. The molecule has 1 heterocycles. The molecule has 2 aromatic carbocycles. The summed E-state index contributed by atoms with van der Waals surface area (Å²) in [7, 11) is 0. The molecule has 0 unspecified atom stereocenters. The van der Waals surface area contributed by atoms with Crippen molar-refractivity contribution >= 4 is 46.4 Å². The number of halogens is 2. The van der Waals surface area contributed by atoms with Crippen LogP contribution in [-0.4, -0.2) is 5.91 Å². The summed E-state index contributed by atoms with van der Waals surface area (Å²) in [6.45, 7) is 0. The average molecular weight is 290 g/mol. The minimum absolute atomic E-state index is 0.141. The molecule has 2 aromatic rings. The minimum Gasteiger partial charge on any atom is -0.321 e. The van der Waals surface area contributed by atoms with Crippen LogP contribution in [0.3, 0.4) is 0 Å². The molecule has 0 aromatic heterocycles. The fourth-order valence-electron chi connectivity index (χ4n) is 2.06. The zero-order valence-electron chi connectivity index (χ0n) is 9.78. The Morgan fingerprint density at radius 3 is 2.63 bits per heavy atom. The van der Waals surface area contributed by atoms with Gasteiger partial charge in [-0.3, -0.25) is 4.79 Å². The van der Waals surface area contributed by atoms with Crippen LogP contribution in [0.1, 0.15) is 11.1 Å². The number of carbonyl (C=O) groups is 1. The molecule has 94 valence electrons. The third-order valence-corrected chi connectivity index (χ3v) is 3.55. The number of benzene rings is 2. The van der Waals surface area contributed by atoms with Crippen molar-refractivity contribution in [1.82, 2.24) is 0 Å². The van der Waals surface area contributed by atoms with Crippen LogP contribution in [0.25, 0.3) is 11.6 Å². The van der Waals surface area contributed by atoms with Crippen LogP contribution in [-0.2, 0) is 4.79 Å². The summed E-state index contributed by atoms with van der Waals surface area (Å²) in [4.78, 5) is 12.0. The number of hydrogen-bond acceptors (Lipinski definition) is 1. The molecule has 1 aliphatic heterocycles. The van der Waals surface area contributed by atoms with Crippen molar-refractivity contribution in [3.05, 3.63) is 63.6 Å². The Morgan fingerprint density at radius 2 is 1.84 bits per heavy atom. The molecule has 1 amide bonds. The van der Waals surface area contributed by atoms with Crippen molar-refractivity contribution in [2.45, 2.75) is 0 Å². The molecule has 0 bridgehead atoms. The highest BCUT2D eigenvalue weighted by atomic mass is 35.5. The molecule has 4 heteroatoms. The van der Waals surface area contributed by atoms with E-state index in [9.17, 15) is 4.79 Å². The molecule has 0 atom stereocenters. The van der Waals surface area contributed by atoms with Gasteiger partial charge in [-0.2, -0.15) is 0 Å². The van der Waals surface area contributed by atoms with Crippen molar-refractivity contribution in [3.8, 4) is 0 Å². The summed E-state index contributed by atoms with van der Waals surface area (Å²) in [6, 6.07) is 12.7. The Labute approximate surface area is 120 Å². The number of fused-ring (bicyclic) bond motifs is 1. The molecule has 1 aliphatic rings. The van der Waals surface area contributed by atoms with E-state index in [1.165, 1.54) is 0 Å². The van der Waals surface area contributed by atoms with Crippen LogP contribution in [0.4, 0.5) is 5.69 Å². The normalized spacial score (nSPS) is 15.5. The van der Waals surface area contributed by atoms with Crippen molar-refractivity contribution in [1.29, 1.82) is 0 Å². The minimum atomic E-state index is -0.141. The molecule has 0 radical (unpaired) electrons. The van der Waals surface area contributed by atoms with Gasteiger partial charge in [0.25, 0.3) is 5.91 Å². The van der Waals surface area contributed by atoms with Gasteiger partial charge >= 0.3 is 0 Å². The SMILES string of the molecule is O=C1Nc2cc(Cl)ccc2/C1=C\c1ccccc1Cl. The lowest BCUT2D eigenvalue weighted by Gasteiger charge is -2.00. The molecule has 2 nitrogen and oxygen atoms in total. The molecule has 1 N–H and O–H groups in total. The van der Waals surface area contributed by atoms with Gasteiger partial charge in [-0.25, -0.2) is 0 Å². The Balaban J connectivity index is 2.12. The molecular formula is C15H9Cl2NO. The van der Waals surface area contributed by atoms with Crippen molar-refractivity contribution in [2.75, 3.05) is 5.32 Å². The van der Waals surface area contributed by atoms with Gasteiger partial charge in [-0.15, -0.1) is 0 Å². The first-order chi connectivity index (χ1) is 9.15. The topological polar surface area (TPSA) is 29.1 Å². The van der Waals surface area contributed by atoms with Gasteiger partial charge in [0.15, 0.2) is 0 Å². The summed E-state index contributed by atoms with van der Waals surface area (Å²) in [5.74, 6) is -0.141. The maximum absolute atomic E-state index is 12.0. The highest BCUT2D eigenvalue weighted by Crippen LogP contribution is 2.35. The predicted molar refractivity (Wildman–Crippen MR) is 79.4 cm³/mol. The van der Waals surface area contributed by atoms with Crippen molar-refractivity contribution in [2.24, 2.45) is 0 Å². The highest BCUT2D eigenvalue weighted by Gasteiger charge is 2.24. The van der Waals surface area contributed by atoms with Crippen LogP contribution < -0.4 is 5.32 Å². The number of rotatable bonds is 1. The van der Waals surface area contributed by atoms with E-state index in [0.717, 1.165) is 16.8 Å². The van der Waals surface area contributed by atoms with E-state index in [1.54, 1.807) is 24.3 Å². The van der Waals surface area contributed by atoms with E-state index < -0.39 is 0 Å². The van der Waals surface area contributed by atoms with Gasteiger partial charge in [-0.05, 0) is 29.8 Å². The maximum atomic E-state index is 12.0. The molecule has 0 fully saturated rings. The van der Waals surface area contributed by atoms with Crippen molar-refractivity contribution < 1.29 is 4.79 Å².